The molecule has 7 heteroatoms. The Hall–Kier alpha value is -2.54. The summed E-state index contributed by atoms with van der Waals surface area (Å²) in [4.78, 5) is 28.0. The van der Waals surface area contributed by atoms with Crippen LogP contribution in [0.25, 0.3) is 10.2 Å². The molecule has 1 N–H and O–H groups in total. The highest BCUT2D eigenvalue weighted by Gasteiger charge is 2.32. The minimum Gasteiger partial charge on any atom is -0.324 e. The molecule has 2 heterocycles. The van der Waals surface area contributed by atoms with E-state index in [0.717, 1.165) is 31.2 Å². The first-order chi connectivity index (χ1) is 14.7. The maximum absolute atomic E-state index is 13.3. The van der Waals surface area contributed by atoms with Crippen molar-refractivity contribution in [3.63, 3.8) is 0 Å². The highest BCUT2D eigenvalue weighted by atomic mass is 32.1. The van der Waals surface area contributed by atoms with Crippen LogP contribution in [0, 0.1) is 11.3 Å². The molecular weight excluding hydrogens is 408 g/mol. The Bertz CT molecular complexity index is 1170. The fraction of sp³-hybridized carbons (Fsp3) is 0.500. The largest absolute Gasteiger partial charge is 0.324 e. The summed E-state index contributed by atoms with van der Waals surface area (Å²) in [5, 5.41) is 12.0. The van der Waals surface area contributed by atoms with Crippen LogP contribution in [0.3, 0.4) is 0 Å². The summed E-state index contributed by atoms with van der Waals surface area (Å²) in [5.41, 5.74) is 3.03. The fourth-order valence-corrected chi connectivity index (χ4v) is 5.52. The highest BCUT2D eigenvalue weighted by molar-refractivity contribution is 7.18. The van der Waals surface area contributed by atoms with Gasteiger partial charge >= 0.3 is 0 Å². The lowest BCUT2D eigenvalue weighted by molar-refractivity contribution is -0.119. The lowest BCUT2D eigenvalue weighted by Gasteiger charge is -2.33. The van der Waals surface area contributed by atoms with Gasteiger partial charge in [-0.25, -0.2) is 0 Å². The fourth-order valence-electron chi connectivity index (χ4n) is 4.28. The lowest BCUT2D eigenvalue weighted by atomic mass is 9.72. The van der Waals surface area contributed by atoms with E-state index in [2.05, 4.69) is 43.3 Å². The monoisotopic (exact) mass is 438 g/mol. The normalized spacial score (nSPS) is 17.4. The third-order valence-corrected chi connectivity index (χ3v) is 7.64. The molecule has 164 valence electrons. The molecule has 0 saturated carbocycles. The summed E-state index contributed by atoms with van der Waals surface area (Å²) in [6.45, 7) is 10.6. The molecular formula is C24H30N4O2S. The van der Waals surface area contributed by atoms with Gasteiger partial charge in [0.15, 0.2) is 4.83 Å². The van der Waals surface area contributed by atoms with Crippen molar-refractivity contribution in [1.82, 2.24) is 15.0 Å². The van der Waals surface area contributed by atoms with Crippen LogP contribution in [0.5, 0.6) is 0 Å². The van der Waals surface area contributed by atoms with Crippen molar-refractivity contribution in [2.24, 2.45) is 11.3 Å². The first-order valence-corrected chi connectivity index (χ1v) is 11.8. The molecule has 0 aliphatic heterocycles. The van der Waals surface area contributed by atoms with Gasteiger partial charge in [0.1, 0.15) is 6.04 Å². The third kappa shape index (κ3) is 4.15. The van der Waals surface area contributed by atoms with Crippen molar-refractivity contribution in [2.45, 2.75) is 66.3 Å². The number of nitrogens with one attached hydrogen (secondary N) is 1. The molecule has 0 bridgehead atoms. The van der Waals surface area contributed by atoms with E-state index in [1.165, 1.54) is 15.1 Å². The summed E-state index contributed by atoms with van der Waals surface area (Å²) in [7, 11) is 0. The number of nitrogens with zero attached hydrogens (tertiary/aromatic N) is 3. The van der Waals surface area contributed by atoms with Crippen LogP contribution in [0.1, 0.15) is 63.1 Å². The Morgan fingerprint density at radius 2 is 2.00 bits per heavy atom. The number of aromatic nitrogens is 3. The predicted octanol–water partition coefficient (Wildman–Crippen LogP) is 4.77. The van der Waals surface area contributed by atoms with E-state index in [0.29, 0.717) is 21.8 Å². The van der Waals surface area contributed by atoms with Crippen LogP contribution >= 0.6 is 11.3 Å². The molecule has 1 amide bonds. The van der Waals surface area contributed by atoms with E-state index >= 15 is 0 Å². The number of carbonyl (C=O) groups is 1. The molecule has 1 aliphatic rings. The summed E-state index contributed by atoms with van der Waals surface area (Å²) in [5.74, 6) is 0.309. The van der Waals surface area contributed by atoms with Gasteiger partial charge in [0, 0.05) is 10.6 Å². The molecule has 6 nitrogen and oxygen atoms in total. The van der Waals surface area contributed by atoms with Crippen LogP contribution in [-0.2, 0) is 24.1 Å². The summed E-state index contributed by atoms with van der Waals surface area (Å²) >= 11 is 1.58. The van der Waals surface area contributed by atoms with Gasteiger partial charge in [-0.3, -0.25) is 9.59 Å². The smallest absolute Gasteiger partial charge is 0.279 e. The zero-order valence-corrected chi connectivity index (χ0v) is 19.7. The van der Waals surface area contributed by atoms with Crippen molar-refractivity contribution < 1.29 is 4.79 Å². The Kier molecular flexibility index (Phi) is 5.73. The SMILES string of the molecule is CCc1ccc(NC(=O)C(C)n2nnc3sc4c(c3c2=O)CCC(C(C)(C)C)C4)cc1. The maximum Gasteiger partial charge on any atom is 0.279 e. The molecule has 3 aromatic rings. The molecule has 2 atom stereocenters. The van der Waals surface area contributed by atoms with E-state index in [1.807, 2.05) is 24.3 Å². The second kappa shape index (κ2) is 8.19. The Morgan fingerprint density at radius 1 is 1.29 bits per heavy atom. The average molecular weight is 439 g/mol. The number of anilines is 1. The minimum absolute atomic E-state index is 0.222. The zero-order valence-electron chi connectivity index (χ0n) is 18.9. The van der Waals surface area contributed by atoms with Crippen molar-refractivity contribution in [1.29, 1.82) is 0 Å². The number of aryl methyl sites for hydroxylation is 2. The Balaban J connectivity index is 1.62. The Labute approximate surface area is 186 Å². The lowest BCUT2D eigenvalue weighted by Crippen LogP contribution is -2.34. The first kappa shape index (κ1) is 21.7. The van der Waals surface area contributed by atoms with Gasteiger partial charge in [-0.15, -0.1) is 16.4 Å². The highest BCUT2D eigenvalue weighted by Crippen LogP contribution is 2.41. The number of amides is 1. The Morgan fingerprint density at radius 3 is 2.65 bits per heavy atom. The molecule has 4 rings (SSSR count). The first-order valence-electron chi connectivity index (χ1n) is 11.0. The van der Waals surface area contributed by atoms with Crippen molar-refractivity contribution in [3.05, 3.63) is 50.6 Å². The average Bonchev–Trinajstić information content (AvgIpc) is 3.12. The van der Waals surface area contributed by atoms with Gasteiger partial charge in [0.05, 0.1) is 5.39 Å². The molecule has 0 fully saturated rings. The summed E-state index contributed by atoms with van der Waals surface area (Å²) in [6.07, 6.45) is 3.86. The van der Waals surface area contributed by atoms with Crippen LogP contribution in [0.15, 0.2) is 29.1 Å². The second-order valence-corrected chi connectivity index (χ2v) is 10.6. The van der Waals surface area contributed by atoms with Gasteiger partial charge in [0.2, 0.25) is 5.91 Å². The number of carbonyl (C=O) groups excluding carboxylic acids is 1. The van der Waals surface area contributed by atoms with Gasteiger partial charge in [-0.1, -0.05) is 45.0 Å². The quantitative estimate of drug-likeness (QED) is 0.637. The minimum atomic E-state index is -0.753. The van der Waals surface area contributed by atoms with E-state index in [9.17, 15) is 9.59 Å². The molecule has 0 spiro atoms. The molecule has 0 radical (unpaired) electrons. The second-order valence-electron chi connectivity index (χ2n) is 9.54. The van der Waals surface area contributed by atoms with E-state index in [1.54, 1.807) is 18.3 Å². The summed E-state index contributed by atoms with van der Waals surface area (Å²) < 4.78 is 1.22. The number of hydrogen-bond donors (Lipinski definition) is 1. The zero-order chi connectivity index (χ0) is 22.3. The third-order valence-electron chi connectivity index (χ3n) is 6.50. The van der Waals surface area contributed by atoms with Crippen LogP contribution < -0.4 is 10.9 Å². The number of rotatable bonds is 4. The van der Waals surface area contributed by atoms with Crippen LogP contribution in [-0.4, -0.2) is 20.9 Å². The molecule has 2 unspecified atom stereocenters. The number of thiophene rings is 1. The molecule has 31 heavy (non-hydrogen) atoms. The number of hydrogen-bond acceptors (Lipinski definition) is 5. The van der Waals surface area contributed by atoms with E-state index in [-0.39, 0.29) is 16.9 Å². The number of benzene rings is 1. The van der Waals surface area contributed by atoms with Gasteiger partial charge in [0.25, 0.3) is 5.56 Å². The van der Waals surface area contributed by atoms with Gasteiger partial charge in [-0.2, -0.15) is 4.68 Å². The standard InChI is InChI=1S/C24H30N4O2S/c1-6-15-7-10-17(11-8-15)25-21(29)14(2)28-23(30)20-18-12-9-16(24(3,4)5)13-19(18)31-22(20)26-27-28/h7-8,10-11,14,16H,6,9,12-13H2,1-5H3,(H,25,29). The topological polar surface area (TPSA) is 76.9 Å². The maximum atomic E-state index is 13.3. The van der Waals surface area contributed by atoms with Crippen molar-refractivity contribution in [2.75, 3.05) is 5.32 Å². The number of fused-ring (bicyclic) bond motifs is 3. The van der Waals surface area contributed by atoms with E-state index < -0.39 is 6.04 Å². The summed E-state index contributed by atoms with van der Waals surface area (Å²) in [6, 6.07) is 6.97. The molecule has 1 aliphatic carbocycles. The van der Waals surface area contributed by atoms with Gasteiger partial charge < -0.3 is 5.32 Å². The molecule has 0 saturated heterocycles. The van der Waals surface area contributed by atoms with Crippen LogP contribution in [0.4, 0.5) is 5.69 Å². The van der Waals surface area contributed by atoms with Crippen LogP contribution in [0.2, 0.25) is 0 Å². The molecule has 2 aromatic heterocycles. The molecule has 1 aromatic carbocycles. The predicted molar refractivity (Wildman–Crippen MR) is 126 cm³/mol. The van der Waals surface area contributed by atoms with Gasteiger partial charge in [-0.05, 0) is 67.2 Å². The van der Waals surface area contributed by atoms with E-state index in [4.69, 9.17) is 0 Å². The van der Waals surface area contributed by atoms with Crippen molar-refractivity contribution >= 4 is 33.1 Å². The van der Waals surface area contributed by atoms with Crippen molar-refractivity contribution in [3.8, 4) is 0 Å².